The van der Waals surface area contributed by atoms with Gasteiger partial charge in [-0.2, -0.15) is 0 Å². The summed E-state index contributed by atoms with van der Waals surface area (Å²) in [4.78, 5) is 49.1. The Morgan fingerprint density at radius 2 is 1.75 bits per heavy atom. The molecule has 4 rings (SSSR count). The van der Waals surface area contributed by atoms with Crippen LogP contribution in [0.1, 0.15) is 65.2 Å². The van der Waals surface area contributed by atoms with Crippen molar-refractivity contribution in [3.8, 4) is 0 Å². The Bertz CT molecular complexity index is 813. The smallest absolute Gasteiger partial charge is 0.414 e. The monoisotopic (exact) mass is 450 g/mol. The van der Waals surface area contributed by atoms with Crippen molar-refractivity contribution in [2.75, 3.05) is 13.2 Å². The largest absolute Gasteiger partial charge is 0.473 e. The van der Waals surface area contributed by atoms with Crippen LogP contribution in [-0.4, -0.2) is 52.6 Å². The van der Waals surface area contributed by atoms with Gasteiger partial charge >= 0.3 is 11.9 Å². The predicted octanol–water partition coefficient (Wildman–Crippen LogP) is 2.26. The van der Waals surface area contributed by atoms with Gasteiger partial charge in [0.1, 0.15) is 18.2 Å². The standard InChI is InChI=1S/C21H32N2O3.C2H2O4/c1-20-7-5-13(23-26-10-9-22)11-17(20)18(24)12-14-15-3-4-19(25)21(15,2)8-6-16(14)20;3-1(4)2(5)6/h14-17H,3-12,22H2,1-2H3;(H,3,4)(H,5,6)/b23-13-;/t14-,15-,16-,17+,20+,21-;/m0./s1. The molecule has 0 heterocycles. The van der Waals surface area contributed by atoms with Crippen molar-refractivity contribution >= 4 is 29.2 Å². The van der Waals surface area contributed by atoms with Crippen molar-refractivity contribution in [2.24, 2.45) is 45.4 Å². The number of Topliss-reactive ketones (excluding diaryl/α,β-unsaturated/α-hetero) is 2. The molecule has 6 atom stereocenters. The molecular weight excluding hydrogens is 416 g/mol. The molecule has 0 aliphatic heterocycles. The molecule has 0 saturated heterocycles. The third-order valence-corrected chi connectivity index (χ3v) is 8.59. The number of aliphatic carboxylic acids is 2. The van der Waals surface area contributed by atoms with Crippen LogP contribution in [0.25, 0.3) is 0 Å². The summed E-state index contributed by atoms with van der Waals surface area (Å²) in [6.45, 7) is 5.39. The van der Waals surface area contributed by atoms with E-state index in [4.69, 9.17) is 30.4 Å². The topological polar surface area (TPSA) is 156 Å². The number of carboxylic acids is 2. The summed E-state index contributed by atoms with van der Waals surface area (Å²) in [6.07, 6.45) is 7.13. The zero-order valence-electron chi connectivity index (χ0n) is 18.8. The lowest BCUT2D eigenvalue weighted by atomic mass is 9.45. The zero-order chi connectivity index (χ0) is 23.7. The number of nitrogens with two attached hydrogens (primary N) is 1. The van der Waals surface area contributed by atoms with Crippen LogP contribution in [-0.2, 0) is 24.0 Å². The third-order valence-electron chi connectivity index (χ3n) is 8.59. The molecule has 0 amide bonds. The SMILES string of the molecule is C[C@]12CC/C(=N/OCCN)C[C@@H]1C(=O)C[C@@H]1[C@@H]2CC[C@]2(C)C(=O)CC[C@@H]12.O=C(O)C(=O)O. The zero-order valence-corrected chi connectivity index (χ0v) is 18.8. The van der Waals surface area contributed by atoms with Gasteiger partial charge in [0.25, 0.3) is 0 Å². The molecule has 4 aliphatic carbocycles. The minimum Gasteiger partial charge on any atom is -0.473 e. The average molecular weight is 451 g/mol. The van der Waals surface area contributed by atoms with Crippen molar-refractivity contribution in [3.05, 3.63) is 0 Å². The summed E-state index contributed by atoms with van der Waals surface area (Å²) >= 11 is 0. The number of hydrogen-bond acceptors (Lipinski definition) is 7. The highest BCUT2D eigenvalue weighted by atomic mass is 16.6. The van der Waals surface area contributed by atoms with E-state index in [0.29, 0.717) is 55.3 Å². The normalized spacial score (nSPS) is 39.3. The summed E-state index contributed by atoms with van der Waals surface area (Å²) in [5.41, 5.74) is 6.37. The first-order valence-corrected chi connectivity index (χ1v) is 11.4. The number of nitrogens with zero attached hydrogens (tertiary/aromatic N) is 1. The Balaban J connectivity index is 0.000000427. The first-order chi connectivity index (χ1) is 15.0. The highest BCUT2D eigenvalue weighted by Gasteiger charge is 2.62. The van der Waals surface area contributed by atoms with Gasteiger partial charge in [0.15, 0.2) is 0 Å². The molecule has 4 aliphatic rings. The van der Waals surface area contributed by atoms with Gasteiger partial charge in [-0.1, -0.05) is 19.0 Å². The second-order valence-electron chi connectivity index (χ2n) is 10.1. The Morgan fingerprint density at radius 3 is 2.38 bits per heavy atom. The lowest BCUT2D eigenvalue weighted by Gasteiger charge is -2.58. The van der Waals surface area contributed by atoms with Gasteiger partial charge in [-0.15, -0.1) is 0 Å². The van der Waals surface area contributed by atoms with E-state index in [1.54, 1.807) is 0 Å². The van der Waals surface area contributed by atoms with E-state index in [1.165, 1.54) is 0 Å². The molecule has 4 fully saturated rings. The summed E-state index contributed by atoms with van der Waals surface area (Å²) in [6, 6.07) is 0. The first kappa shape index (κ1) is 24.4. The number of carbonyl (C=O) groups excluding carboxylic acids is 2. The number of carbonyl (C=O) groups is 4. The van der Waals surface area contributed by atoms with Crippen molar-refractivity contribution in [2.45, 2.75) is 65.2 Å². The molecule has 9 nitrogen and oxygen atoms in total. The van der Waals surface area contributed by atoms with Gasteiger partial charge in [-0.3, -0.25) is 9.59 Å². The minimum atomic E-state index is -1.82. The minimum absolute atomic E-state index is 0.0554. The number of carboxylic acid groups (broad SMARTS) is 2. The van der Waals surface area contributed by atoms with Crippen molar-refractivity contribution in [3.63, 3.8) is 0 Å². The average Bonchev–Trinajstić information content (AvgIpc) is 3.04. The van der Waals surface area contributed by atoms with Crippen molar-refractivity contribution in [1.29, 1.82) is 0 Å². The van der Waals surface area contributed by atoms with Crippen LogP contribution >= 0.6 is 0 Å². The van der Waals surface area contributed by atoms with Gasteiger partial charge in [-0.05, 0) is 61.7 Å². The van der Waals surface area contributed by atoms with Gasteiger partial charge in [0, 0.05) is 30.7 Å². The van der Waals surface area contributed by atoms with Gasteiger partial charge in [0.05, 0.1) is 5.71 Å². The maximum absolute atomic E-state index is 13.1. The highest BCUT2D eigenvalue weighted by Crippen LogP contribution is 2.64. The van der Waals surface area contributed by atoms with E-state index >= 15 is 0 Å². The molecular formula is C23H34N2O7. The quantitative estimate of drug-likeness (QED) is 0.336. The molecule has 0 radical (unpaired) electrons. The predicted molar refractivity (Wildman–Crippen MR) is 115 cm³/mol. The Kier molecular flexibility index (Phi) is 7.07. The third kappa shape index (κ3) is 4.31. The van der Waals surface area contributed by atoms with E-state index < -0.39 is 11.9 Å². The molecule has 0 aromatic carbocycles. The second kappa shape index (κ2) is 9.29. The summed E-state index contributed by atoms with van der Waals surface area (Å²) < 4.78 is 0. The van der Waals surface area contributed by atoms with E-state index in [2.05, 4.69) is 19.0 Å². The van der Waals surface area contributed by atoms with Gasteiger partial charge < -0.3 is 20.8 Å². The lowest BCUT2D eigenvalue weighted by molar-refractivity contribution is -0.159. The number of fused-ring (bicyclic) bond motifs is 5. The Hall–Kier alpha value is -2.29. The highest BCUT2D eigenvalue weighted by molar-refractivity contribution is 6.27. The van der Waals surface area contributed by atoms with E-state index in [-0.39, 0.29) is 16.7 Å². The fourth-order valence-corrected chi connectivity index (χ4v) is 6.89. The Labute approximate surface area is 187 Å². The maximum atomic E-state index is 13.1. The second-order valence-corrected chi connectivity index (χ2v) is 10.1. The van der Waals surface area contributed by atoms with E-state index in [1.807, 2.05) is 0 Å². The van der Waals surface area contributed by atoms with Gasteiger partial charge in [0.2, 0.25) is 0 Å². The van der Waals surface area contributed by atoms with Crippen LogP contribution in [0.4, 0.5) is 0 Å². The van der Waals surface area contributed by atoms with Crippen LogP contribution in [0.3, 0.4) is 0 Å². The van der Waals surface area contributed by atoms with Gasteiger partial charge in [-0.25, -0.2) is 9.59 Å². The summed E-state index contributed by atoms with van der Waals surface area (Å²) in [5.74, 6) is -1.36. The molecule has 4 N–H and O–H groups in total. The molecule has 32 heavy (non-hydrogen) atoms. The molecule has 0 aromatic rings. The molecule has 0 aromatic heterocycles. The van der Waals surface area contributed by atoms with Crippen LogP contribution in [0.15, 0.2) is 5.16 Å². The Morgan fingerprint density at radius 1 is 1.06 bits per heavy atom. The number of oxime groups is 1. The molecule has 4 saturated carbocycles. The molecule has 9 heteroatoms. The van der Waals surface area contributed by atoms with E-state index in [0.717, 1.165) is 44.2 Å². The lowest BCUT2D eigenvalue weighted by Crippen LogP contribution is -2.56. The van der Waals surface area contributed by atoms with E-state index in [9.17, 15) is 9.59 Å². The number of rotatable bonds is 3. The van der Waals surface area contributed by atoms with Crippen molar-refractivity contribution < 1.29 is 34.2 Å². The fourth-order valence-electron chi connectivity index (χ4n) is 6.89. The summed E-state index contributed by atoms with van der Waals surface area (Å²) in [5, 5.41) is 19.0. The number of hydrogen-bond donors (Lipinski definition) is 3. The first-order valence-electron chi connectivity index (χ1n) is 11.4. The molecule has 0 spiro atoms. The van der Waals surface area contributed by atoms with Crippen LogP contribution in [0.2, 0.25) is 0 Å². The maximum Gasteiger partial charge on any atom is 0.414 e. The van der Waals surface area contributed by atoms with Crippen LogP contribution < -0.4 is 5.73 Å². The summed E-state index contributed by atoms with van der Waals surface area (Å²) in [7, 11) is 0. The van der Waals surface area contributed by atoms with Crippen LogP contribution in [0, 0.1) is 34.5 Å². The van der Waals surface area contributed by atoms with Crippen molar-refractivity contribution in [1.82, 2.24) is 0 Å². The fraction of sp³-hybridized carbons (Fsp3) is 0.783. The molecule has 178 valence electrons. The molecule has 0 bridgehead atoms. The molecule has 0 unspecified atom stereocenters. The van der Waals surface area contributed by atoms with Crippen LogP contribution in [0.5, 0.6) is 0 Å². The number of ketones is 2.